The van der Waals surface area contributed by atoms with Crippen molar-refractivity contribution in [1.82, 2.24) is 0 Å². The van der Waals surface area contributed by atoms with Crippen LogP contribution >= 0.6 is 0 Å². The van der Waals surface area contributed by atoms with Crippen molar-refractivity contribution in [1.29, 1.82) is 0 Å². The van der Waals surface area contributed by atoms with E-state index in [1.54, 1.807) is 6.07 Å². The van der Waals surface area contributed by atoms with Crippen LogP contribution in [0.3, 0.4) is 0 Å². The monoisotopic (exact) mass is 259 g/mol. The molecule has 0 heterocycles. The van der Waals surface area contributed by atoms with Gasteiger partial charge in [-0.2, -0.15) is 13.2 Å². The number of hydrogen-bond acceptors (Lipinski definition) is 2. The van der Waals surface area contributed by atoms with Gasteiger partial charge in [0.2, 0.25) is 0 Å². The van der Waals surface area contributed by atoms with Gasteiger partial charge in [0.1, 0.15) is 5.75 Å². The topological polar surface area (TPSA) is 52.3 Å². The highest BCUT2D eigenvalue weighted by Gasteiger charge is 2.30. The van der Waals surface area contributed by atoms with Gasteiger partial charge in [0.15, 0.2) is 6.61 Å². The van der Waals surface area contributed by atoms with Gasteiger partial charge < -0.3 is 10.5 Å². The van der Waals surface area contributed by atoms with Crippen LogP contribution in [0, 0.1) is 0 Å². The first kappa shape index (κ1) is 12.7. The Hall–Kier alpha value is -1.72. The summed E-state index contributed by atoms with van der Waals surface area (Å²) in [5.74, 6) is -0.529. The van der Waals surface area contributed by atoms with E-state index in [9.17, 15) is 18.0 Å². The second kappa shape index (κ2) is 4.51. The SMILES string of the molecule is NC(=O)c1ccc(C2CC2)cc1OCC(F)(F)F. The second-order valence-corrected chi connectivity index (χ2v) is 4.30. The molecule has 98 valence electrons. The summed E-state index contributed by atoms with van der Waals surface area (Å²) in [5, 5.41) is 0. The number of ether oxygens (including phenoxy) is 1. The van der Waals surface area contributed by atoms with E-state index in [-0.39, 0.29) is 11.3 Å². The molecular formula is C12H12F3NO2. The van der Waals surface area contributed by atoms with Crippen molar-refractivity contribution in [2.75, 3.05) is 6.61 Å². The fourth-order valence-corrected chi connectivity index (χ4v) is 1.69. The fourth-order valence-electron chi connectivity index (χ4n) is 1.69. The van der Waals surface area contributed by atoms with Crippen molar-refractivity contribution in [3.63, 3.8) is 0 Å². The number of rotatable bonds is 4. The summed E-state index contributed by atoms with van der Waals surface area (Å²) in [6.07, 6.45) is -2.42. The number of alkyl halides is 3. The van der Waals surface area contributed by atoms with Gasteiger partial charge >= 0.3 is 6.18 Å². The maximum absolute atomic E-state index is 12.1. The lowest BCUT2D eigenvalue weighted by Gasteiger charge is -2.13. The van der Waals surface area contributed by atoms with Crippen molar-refractivity contribution in [2.45, 2.75) is 24.9 Å². The van der Waals surface area contributed by atoms with Crippen LogP contribution < -0.4 is 10.5 Å². The molecule has 1 amide bonds. The predicted octanol–water partition coefficient (Wildman–Crippen LogP) is 2.60. The molecule has 2 N–H and O–H groups in total. The van der Waals surface area contributed by atoms with E-state index in [1.165, 1.54) is 12.1 Å². The van der Waals surface area contributed by atoms with Crippen LogP contribution in [-0.4, -0.2) is 18.7 Å². The maximum atomic E-state index is 12.1. The Balaban J connectivity index is 2.22. The standard InChI is InChI=1S/C12H12F3NO2/c13-12(14,15)6-18-10-5-8(7-1-2-7)3-4-9(10)11(16)17/h3-5,7H,1-2,6H2,(H2,16,17). The number of amides is 1. The number of carbonyl (C=O) groups is 1. The van der Waals surface area contributed by atoms with Gasteiger partial charge in [-0.05, 0) is 36.5 Å². The van der Waals surface area contributed by atoms with Crippen molar-refractivity contribution >= 4 is 5.91 Å². The number of carbonyl (C=O) groups excluding carboxylic acids is 1. The predicted molar refractivity (Wildman–Crippen MR) is 58.5 cm³/mol. The number of nitrogens with two attached hydrogens (primary N) is 1. The highest BCUT2D eigenvalue weighted by atomic mass is 19.4. The summed E-state index contributed by atoms with van der Waals surface area (Å²) < 4.78 is 41.0. The minimum Gasteiger partial charge on any atom is -0.483 e. The van der Waals surface area contributed by atoms with Crippen molar-refractivity contribution < 1.29 is 22.7 Å². The number of halogens is 3. The van der Waals surface area contributed by atoms with Crippen molar-refractivity contribution in [2.24, 2.45) is 5.73 Å². The highest BCUT2D eigenvalue weighted by Crippen LogP contribution is 2.41. The van der Waals surface area contributed by atoms with Crippen LogP contribution in [0.4, 0.5) is 13.2 Å². The van der Waals surface area contributed by atoms with Gasteiger partial charge in [0.25, 0.3) is 5.91 Å². The first-order chi connectivity index (χ1) is 8.37. The minimum absolute atomic E-state index is 0.0244. The van der Waals surface area contributed by atoms with Crippen LogP contribution in [0.2, 0.25) is 0 Å². The first-order valence-electron chi connectivity index (χ1n) is 5.50. The molecule has 1 aliphatic rings. The van der Waals surface area contributed by atoms with E-state index >= 15 is 0 Å². The molecule has 18 heavy (non-hydrogen) atoms. The molecule has 0 aliphatic heterocycles. The molecule has 1 fully saturated rings. The molecule has 0 spiro atoms. The first-order valence-corrected chi connectivity index (χ1v) is 5.50. The quantitative estimate of drug-likeness (QED) is 0.903. The van der Waals surface area contributed by atoms with E-state index in [1.807, 2.05) is 0 Å². The Labute approximate surface area is 102 Å². The second-order valence-electron chi connectivity index (χ2n) is 4.30. The van der Waals surface area contributed by atoms with Crippen LogP contribution in [0.5, 0.6) is 5.75 Å². The third kappa shape index (κ3) is 3.15. The molecule has 0 bridgehead atoms. The van der Waals surface area contributed by atoms with E-state index in [0.717, 1.165) is 18.4 Å². The van der Waals surface area contributed by atoms with Gasteiger partial charge in [0.05, 0.1) is 5.56 Å². The summed E-state index contributed by atoms with van der Waals surface area (Å²) >= 11 is 0. The zero-order chi connectivity index (χ0) is 13.3. The smallest absolute Gasteiger partial charge is 0.422 e. The summed E-state index contributed by atoms with van der Waals surface area (Å²) in [6, 6.07) is 4.60. The largest absolute Gasteiger partial charge is 0.483 e. The molecule has 3 nitrogen and oxygen atoms in total. The van der Waals surface area contributed by atoms with Gasteiger partial charge in [-0.15, -0.1) is 0 Å². The molecule has 1 saturated carbocycles. The molecule has 0 saturated heterocycles. The van der Waals surface area contributed by atoms with Gasteiger partial charge in [0, 0.05) is 0 Å². The average Bonchev–Trinajstić information content (AvgIpc) is 3.08. The third-order valence-electron chi connectivity index (χ3n) is 2.71. The van der Waals surface area contributed by atoms with E-state index < -0.39 is 18.7 Å². The van der Waals surface area contributed by atoms with Crippen LogP contribution in [-0.2, 0) is 0 Å². The van der Waals surface area contributed by atoms with E-state index in [0.29, 0.717) is 5.92 Å². The zero-order valence-electron chi connectivity index (χ0n) is 9.46. The number of primary amides is 1. The third-order valence-corrected chi connectivity index (χ3v) is 2.71. The summed E-state index contributed by atoms with van der Waals surface area (Å²) in [6.45, 7) is -1.43. The molecule has 0 atom stereocenters. The Morgan fingerprint density at radius 2 is 2.06 bits per heavy atom. The zero-order valence-corrected chi connectivity index (χ0v) is 9.46. The van der Waals surface area contributed by atoms with Crippen molar-refractivity contribution in [3.05, 3.63) is 29.3 Å². The van der Waals surface area contributed by atoms with Gasteiger partial charge in [-0.1, -0.05) is 6.07 Å². The molecule has 1 aliphatic carbocycles. The molecule has 1 aromatic rings. The molecule has 0 unspecified atom stereocenters. The fraction of sp³-hybridized carbons (Fsp3) is 0.417. The van der Waals surface area contributed by atoms with Gasteiger partial charge in [-0.3, -0.25) is 4.79 Å². The van der Waals surface area contributed by atoms with Crippen LogP contribution in [0.15, 0.2) is 18.2 Å². The van der Waals surface area contributed by atoms with Crippen LogP contribution in [0.1, 0.15) is 34.7 Å². The molecular weight excluding hydrogens is 247 g/mol. The Morgan fingerprint density at radius 1 is 1.39 bits per heavy atom. The highest BCUT2D eigenvalue weighted by molar-refractivity contribution is 5.95. The molecule has 0 radical (unpaired) electrons. The average molecular weight is 259 g/mol. The lowest BCUT2D eigenvalue weighted by atomic mass is 10.1. The molecule has 1 aromatic carbocycles. The lowest BCUT2D eigenvalue weighted by Crippen LogP contribution is -2.21. The maximum Gasteiger partial charge on any atom is 0.422 e. The molecule has 0 aromatic heterocycles. The Bertz CT molecular complexity index is 467. The summed E-state index contributed by atoms with van der Waals surface area (Å²) in [7, 11) is 0. The number of hydrogen-bond donors (Lipinski definition) is 1. The Kier molecular flexibility index (Phi) is 3.19. The van der Waals surface area contributed by atoms with E-state index in [4.69, 9.17) is 5.73 Å². The lowest BCUT2D eigenvalue weighted by molar-refractivity contribution is -0.153. The summed E-state index contributed by atoms with van der Waals surface area (Å²) in [5.41, 5.74) is 5.96. The minimum atomic E-state index is -4.44. The van der Waals surface area contributed by atoms with Crippen molar-refractivity contribution in [3.8, 4) is 5.75 Å². The van der Waals surface area contributed by atoms with Crippen LogP contribution in [0.25, 0.3) is 0 Å². The summed E-state index contributed by atoms with van der Waals surface area (Å²) in [4.78, 5) is 11.1. The normalized spacial score (nSPS) is 15.5. The van der Waals surface area contributed by atoms with E-state index in [2.05, 4.69) is 4.74 Å². The Morgan fingerprint density at radius 3 is 2.56 bits per heavy atom. The molecule has 6 heteroatoms. The van der Waals surface area contributed by atoms with Gasteiger partial charge in [-0.25, -0.2) is 0 Å². The molecule has 2 rings (SSSR count). The number of benzene rings is 1.